The normalized spacial score (nSPS) is 14.6. The molecule has 1 aliphatic rings. The van der Waals surface area contributed by atoms with Crippen molar-refractivity contribution in [2.45, 2.75) is 6.54 Å². The zero-order valence-electron chi connectivity index (χ0n) is 17.2. The molecular formula is C20H24N6O4S. The van der Waals surface area contributed by atoms with Gasteiger partial charge < -0.3 is 19.5 Å². The number of hydrogen-bond acceptors (Lipinski definition) is 9. The first kappa shape index (κ1) is 21.2. The van der Waals surface area contributed by atoms with Crippen LogP contribution in [0.4, 0.5) is 9.93 Å². The lowest BCUT2D eigenvalue weighted by Gasteiger charge is -2.34. The van der Waals surface area contributed by atoms with Crippen molar-refractivity contribution in [1.29, 1.82) is 0 Å². The highest BCUT2D eigenvalue weighted by Gasteiger charge is 2.22. The van der Waals surface area contributed by atoms with E-state index in [0.717, 1.165) is 30.9 Å². The molecule has 3 aromatic rings. The smallest absolute Gasteiger partial charge is 0.323 e. The Bertz CT molecular complexity index is 1040. The lowest BCUT2D eigenvalue weighted by molar-refractivity contribution is 0.143. The third kappa shape index (κ3) is 5.19. The molecule has 0 spiro atoms. The number of aliphatic hydroxyl groups is 1. The average molecular weight is 445 g/mol. The monoisotopic (exact) mass is 444 g/mol. The van der Waals surface area contributed by atoms with Crippen molar-refractivity contribution < 1.29 is 19.4 Å². The second kappa shape index (κ2) is 9.86. The van der Waals surface area contributed by atoms with E-state index in [9.17, 15) is 4.79 Å². The Morgan fingerprint density at radius 1 is 1.26 bits per heavy atom. The summed E-state index contributed by atoms with van der Waals surface area (Å²) in [6, 6.07) is 7.69. The minimum absolute atomic E-state index is 0.00772. The Labute approximate surface area is 183 Å². The van der Waals surface area contributed by atoms with Crippen LogP contribution in [0.2, 0.25) is 0 Å². The number of methoxy groups -OCH3 is 1. The predicted octanol–water partition coefficient (Wildman–Crippen LogP) is 1.82. The van der Waals surface area contributed by atoms with Crippen LogP contribution in [0.15, 0.2) is 30.6 Å². The van der Waals surface area contributed by atoms with Crippen molar-refractivity contribution in [1.82, 2.24) is 24.8 Å². The molecule has 0 bridgehead atoms. The van der Waals surface area contributed by atoms with Crippen LogP contribution in [0, 0.1) is 0 Å². The molecule has 164 valence electrons. The van der Waals surface area contributed by atoms with E-state index < -0.39 is 0 Å². The molecule has 3 heterocycles. The zero-order valence-corrected chi connectivity index (χ0v) is 18.0. The van der Waals surface area contributed by atoms with Gasteiger partial charge in [0.25, 0.3) is 0 Å². The third-order valence-electron chi connectivity index (χ3n) is 4.89. The van der Waals surface area contributed by atoms with E-state index in [2.05, 4.69) is 31.2 Å². The number of nitrogens with one attached hydrogen (secondary N) is 1. The van der Waals surface area contributed by atoms with Gasteiger partial charge in [0.2, 0.25) is 5.88 Å². The average Bonchev–Trinajstić information content (AvgIpc) is 3.21. The molecule has 4 rings (SSSR count). The Kier molecular flexibility index (Phi) is 6.75. The number of amides is 2. The second-order valence-corrected chi connectivity index (χ2v) is 7.95. The summed E-state index contributed by atoms with van der Waals surface area (Å²) in [4.78, 5) is 30.0. The van der Waals surface area contributed by atoms with Crippen LogP contribution in [0.25, 0.3) is 10.3 Å². The molecule has 0 saturated carbocycles. The molecule has 0 aliphatic carbocycles. The summed E-state index contributed by atoms with van der Waals surface area (Å²) in [6.45, 7) is 3.85. The van der Waals surface area contributed by atoms with Gasteiger partial charge in [-0.1, -0.05) is 23.5 Å². The number of carbonyl (C=O) groups excluding carboxylic acids is 1. The Morgan fingerprint density at radius 3 is 2.87 bits per heavy atom. The molecule has 0 atom stereocenters. The first-order valence-electron chi connectivity index (χ1n) is 9.92. The summed E-state index contributed by atoms with van der Waals surface area (Å²) in [6.07, 6.45) is 1.42. The van der Waals surface area contributed by atoms with E-state index >= 15 is 0 Å². The first-order chi connectivity index (χ1) is 15.2. The van der Waals surface area contributed by atoms with Gasteiger partial charge in [0.05, 0.1) is 13.7 Å². The minimum Gasteiger partial charge on any atom is -0.491 e. The highest BCUT2D eigenvalue weighted by atomic mass is 32.1. The number of fused-ring (bicyclic) bond motifs is 1. The van der Waals surface area contributed by atoms with Gasteiger partial charge in [-0.05, 0) is 17.7 Å². The summed E-state index contributed by atoms with van der Waals surface area (Å²) in [7, 11) is 1.53. The van der Waals surface area contributed by atoms with Crippen LogP contribution in [-0.2, 0) is 6.54 Å². The molecule has 31 heavy (non-hydrogen) atoms. The highest BCUT2D eigenvalue weighted by molar-refractivity contribution is 7.22. The molecule has 1 aromatic carbocycles. The van der Waals surface area contributed by atoms with Crippen LogP contribution < -0.4 is 14.8 Å². The summed E-state index contributed by atoms with van der Waals surface area (Å²) in [5, 5.41) is 12.2. The number of urea groups is 1. The standard InChI is InChI=1S/C20H24N6O4S/c1-29-17-16-18(22-13-21-17)31-19(23-16)24-20(28)26-7-5-25(6-8-26)12-14-3-2-4-15(11-14)30-10-9-27/h2-4,11,13,27H,5-10,12H2,1H3,(H,23,24,28). The van der Waals surface area contributed by atoms with Crippen molar-refractivity contribution >= 4 is 32.8 Å². The summed E-state index contributed by atoms with van der Waals surface area (Å²) in [5.74, 6) is 1.14. The number of aliphatic hydroxyl groups excluding tert-OH is 1. The number of ether oxygens (including phenoxy) is 2. The second-order valence-electron chi connectivity index (χ2n) is 6.97. The van der Waals surface area contributed by atoms with Crippen LogP contribution >= 0.6 is 11.3 Å². The number of piperazine rings is 1. The van der Waals surface area contributed by atoms with Gasteiger partial charge in [-0.15, -0.1) is 0 Å². The van der Waals surface area contributed by atoms with Gasteiger partial charge in [0.1, 0.15) is 18.7 Å². The van der Waals surface area contributed by atoms with Crippen molar-refractivity contribution in [3.05, 3.63) is 36.2 Å². The van der Waals surface area contributed by atoms with Gasteiger partial charge in [0.15, 0.2) is 15.5 Å². The third-order valence-corrected chi connectivity index (χ3v) is 5.77. The maximum atomic E-state index is 12.7. The zero-order chi connectivity index (χ0) is 21.6. The van der Waals surface area contributed by atoms with Gasteiger partial charge in [-0.25, -0.2) is 14.8 Å². The SMILES string of the molecule is COc1ncnc2sc(NC(=O)N3CCN(Cc4cccc(OCCO)c4)CC3)nc12. The van der Waals surface area contributed by atoms with E-state index in [4.69, 9.17) is 14.6 Å². The van der Waals surface area contributed by atoms with Crippen molar-refractivity contribution in [2.24, 2.45) is 0 Å². The fourth-order valence-corrected chi connectivity index (χ4v) is 4.16. The number of nitrogens with zero attached hydrogens (tertiary/aromatic N) is 5. The molecule has 2 aromatic heterocycles. The Balaban J connectivity index is 1.30. The van der Waals surface area contributed by atoms with Crippen molar-refractivity contribution in [3.63, 3.8) is 0 Å². The number of thiazole rings is 1. The van der Waals surface area contributed by atoms with Gasteiger partial charge in [-0.3, -0.25) is 10.2 Å². The summed E-state index contributed by atoms with van der Waals surface area (Å²) < 4.78 is 10.7. The van der Waals surface area contributed by atoms with Crippen molar-refractivity contribution in [3.8, 4) is 11.6 Å². The molecular weight excluding hydrogens is 420 g/mol. The number of carbonyl (C=O) groups is 1. The molecule has 10 nitrogen and oxygen atoms in total. The topological polar surface area (TPSA) is 113 Å². The molecule has 1 saturated heterocycles. The van der Waals surface area contributed by atoms with E-state index in [-0.39, 0.29) is 19.2 Å². The fraction of sp³-hybridized carbons (Fsp3) is 0.400. The molecule has 0 unspecified atom stereocenters. The Hall–Kier alpha value is -3.02. The largest absolute Gasteiger partial charge is 0.491 e. The minimum atomic E-state index is -0.176. The molecule has 1 fully saturated rings. The van der Waals surface area contributed by atoms with E-state index in [0.29, 0.717) is 34.4 Å². The van der Waals surface area contributed by atoms with Gasteiger partial charge in [-0.2, -0.15) is 4.98 Å². The fourth-order valence-electron chi connectivity index (χ4n) is 3.37. The predicted molar refractivity (Wildman–Crippen MR) is 117 cm³/mol. The molecule has 1 aliphatic heterocycles. The van der Waals surface area contributed by atoms with E-state index in [1.165, 1.54) is 24.8 Å². The lowest BCUT2D eigenvalue weighted by Crippen LogP contribution is -2.49. The summed E-state index contributed by atoms with van der Waals surface area (Å²) in [5.41, 5.74) is 1.68. The summed E-state index contributed by atoms with van der Waals surface area (Å²) >= 11 is 1.29. The van der Waals surface area contributed by atoms with Crippen molar-refractivity contribution in [2.75, 3.05) is 51.8 Å². The Morgan fingerprint density at radius 2 is 2.10 bits per heavy atom. The number of aromatic nitrogens is 3. The van der Waals surface area contributed by atoms with Gasteiger partial charge >= 0.3 is 6.03 Å². The number of benzene rings is 1. The van der Waals surface area contributed by atoms with Crippen LogP contribution in [0.1, 0.15) is 5.56 Å². The van der Waals surface area contributed by atoms with Crippen LogP contribution in [0.3, 0.4) is 0 Å². The van der Waals surface area contributed by atoms with E-state index in [1.54, 1.807) is 4.90 Å². The number of hydrogen-bond donors (Lipinski definition) is 2. The molecule has 2 N–H and O–H groups in total. The van der Waals surface area contributed by atoms with Gasteiger partial charge in [0, 0.05) is 32.7 Å². The maximum absolute atomic E-state index is 12.7. The number of anilines is 1. The van der Waals surface area contributed by atoms with Crippen LogP contribution in [0.5, 0.6) is 11.6 Å². The molecule has 2 amide bonds. The highest BCUT2D eigenvalue weighted by Crippen LogP contribution is 2.29. The quantitative estimate of drug-likeness (QED) is 0.567. The van der Waals surface area contributed by atoms with Crippen LogP contribution in [-0.4, -0.2) is 82.4 Å². The van der Waals surface area contributed by atoms with E-state index in [1.807, 2.05) is 18.2 Å². The number of rotatable bonds is 7. The molecule has 11 heteroatoms. The first-order valence-corrected chi connectivity index (χ1v) is 10.7. The maximum Gasteiger partial charge on any atom is 0.323 e. The lowest BCUT2D eigenvalue weighted by atomic mass is 10.2. The molecule has 0 radical (unpaired) electrons.